The van der Waals surface area contributed by atoms with Crippen molar-refractivity contribution in [3.8, 4) is 5.75 Å². The Balaban J connectivity index is 2.50. The van der Waals surface area contributed by atoms with E-state index < -0.39 is 17.2 Å². The Morgan fingerprint density at radius 2 is 2.11 bits per heavy atom. The summed E-state index contributed by atoms with van der Waals surface area (Å²) in [6.45, 7) is 4.60. The fourth-order valence-electron chi connectivity index (χ4n) is 1.41. The van der Waals surface area contributed by atoms with Gasteiger partial charge in [0.25, 0.3) is 0 Å². The van der Waals surface area contributed by atoms with Gasteiger partial charge in [-0.2, -0.15) is 4.39 Å². The number of benzene rings is 1. The van der Waals surface area contributed by atoms with Crippen molar-refractivity contribution in [3.05, 3.63) is 29.8 Å². The van der Waals surface area contributed by atoms with Gasteiger partial charge in [0.05, 0.1) is 0 Å². The molecular formula is C13H19F2NO2. The minimum atomic E-state index is -1.13. The monoisotopic (exact) mass is 259 g/mol. The molecule has 1 unspecified atom stereocenters. The van der Waals surface area contributed by atoms with Gasteiger partial charge in [0.2, 0.25) is 5.82 Å². The number of ether oxygens (including phenoxy) is 1. The van der Waals surface area contributed by atoms with Gasteiger partial charge in [-0.25, -0.2) is 4.39 Å². The number of rotatable bonds is 7. The van der Waals surface area contributed by atoms with Crippen LogP contribution in [0.15, 0.2) is 18.2 Å². The van der Waals surface area contributed by atoms with Gasteiger partial charge in [-0.3, -0.25) is 0 Å². The van der Waals surface area contributed by atoms with Crippen LogP contribution in [0.1, 0.15) is 20.3 Å². The van der Waals surface area contributed by atoms with E-state index in [0.29, 0.717) is 6.54 Å². The third kappa shape index (κ3) is 4.58. The lowest BCUT2D eigenvalue weighted by atomic mass is 10.1. The SMILES string of the molecule is CCCNCC(C)(O)COc1cccc(F)c1F. The van der Waals surface area contributed by atoms with Gasteiger partial charge in [0.15, 0.2) is 11.6 Å². The summed E-state index contributed by atoms with van der Waals surface area (Å²) in [5, 5.41) is 13.0. The first-order valence-electron chi connectivity index (χ1n) is 5.96. The van der Waals surface area contributed by atoms with Crippen molar-refractivity contribution >= 4 is 0 Å². The summed E-state index contributed by atoms with van der Waals surface area (Å²) in [6.07, 6.45) is 0.954. The maximum Gasteiger partial charge on any atom is 0.200 e. The topological polar surface area (TPSA) is 41.5 Å². The molecule has 2 N–H and O–H groups in total. The van der Waals surface area contributed by atoms with E-state index in [1.807, 2.05) is 6.92 Å². The number of aliphatic hydroxyl groups is 1. The van der Waals surface area contributed by atoms with E-state index in [0.717, 1.165) is 19.0 Å². The van der Waals surface area contributed by atoms with Crippen molar-refractivity contribution in [2.24, 2.45) is 0 Å². The molecular weight excluding hydrogens is 240 g/mol. The van der Waals surface area contributed by atoms with Crippen LogP contribution in [0, 0.1) is 11.6 Å². The Kier molecular flexibility index (Phi) is 5.50. The van der Waals surface area contributed by atoms with Gasteiger partial charge in [-0.15, -0.1) is 0 Å². The van der Waals surface area contributed by atoms with Crippen molar-refractivity contribution in [3.63, 3.8) is 0 Å². The van der Waals surface area contributed by atoms with E-state index in [2.05, 4.69) is 5.32 Å². The highest BCUT2D eigenvalue weighted by Gasteiger charge is 2.22. The lowest BCUT2D eigenvalue weighted by Gasteiger charge is -2.24. The highest BCUT2D eigenvalue weighted by molar-refractivity contribution is 5.25. The average Bonchev–Trinajstić information content (AvgIpc) is 2.31. The molecule has 0 spiro atoms. The highest BCUT2D eigenvalue weighted by atomic mass is 19.2. The van der Waals surface area contributed by atoms with Gasteiger partial charge >= 0.3 is 0 Å². The van der Waals surface area contributed by atoms with Crippen molar-refractivity contribution in [2.75, 3.05) is 19.7 Å². The fraction of sp³-hybridized carbons (Fsp3) is 0.538. The Bertz CT molecular complexity index is 383. The molecule has 0 aliphatic heterocycles. The van der Waals surface area contributed by atoms with Crippen LogP contribution in [0.2, 0.25) is 0 Å². The van der Waals surface area contributed by atoms with Gasteiger partial charge in [0.1, 0.15) is 12.2 Å². The number of nitrogens with one attached hydrogen (secondary N) is 1. The molecule has 0 aromatic heterocycles. The molecule has 0 saturated heterocycles. The summed E-state index contributed by atoms with van der Waals surface area (Å²) < 4.78 is 31.3. The predicted octanol–water partition coefficient (Wildman–Crippen LogP) is 2.09. The van der Waals surface area contributed by atoms with Crippen LogP contribution in [0.3, 0.4) is 0 Å². The van der Waals surface area contributed by atoms with Crippen LogP contribution in [0.25, 0.3) is 0 Å². The largest absolute Gasteiger partial charge is 0.487 e. The van der Waals surface area contributed by atoms with Crippen molar-refractivity contribution in [1.82, 2.24) is 5.32 Å². The summed E-state index contributed by atoms with van der Waals surface area (Å²) in [7, 11) is 0. The quantitative estimate of drug-likeness (QED) is 0.737. The smallest absolute Gasteiger partial charge is 0.200 e. The Morgan fingerprint density at radius 3 is 2.78 bits per heavy atom. The summed E-state index contributed by atoms with van der Waals surface area (Å²) >= 11 is 0. The molecule has 1 aromatic rings. The van der Waals surface area contributed by atoms with E-state index in [4.69, 9.17) is 4.74 Å². The van der Waals surface area contributed by atoms with Crippen molar-refractivity contribution in [1.29, 1.82) is 0 Å². The summed E-state index contributed by atoms with van der Waals surface area (Å²) in [5.41, 5.74) is -1.13. The van der Waals surface area contributed by atoms with Crippen LogP contribution < -0.4 is 10.1 Å². The predicted molar refractivity (Wildman–Crippen MR) is 65.6 cm³/mol. The lowest BCUT2D eigenvalue weighted by Crippen LogP contribution is -2.43. The Morgan fingerprint density at radius 1 is 1.39 bits per heavy atom. The standard InChI is InChI=1S/C13H19F2NO2/c1-3-7-16-8-13(2,17)9-18-11-6-4-5-10(14)12(11)15/h4-6,16-17H,3,7-9H2,1-2H3. The average molecular weight is 259 g/mol. The number of halogens is 2. The van der Waals surface area contributed by atoms with Crippen LogP contribution >= 0.6 is 0 Å². The van der Waals surface area contributed by atoms with Gasteiger partial charge in [-0.05, 0) is 32.0 Å². The molecule has 0 bridgehead atoms. The normalized spacial score (nSPS) is 14.3. The second-order valence-corrected chi connectivity index (χ2v) is 4.51. The Labute approximate surface area is 106 Å². The third-order valence-electron chi connectivity index (χ3n) is 2.39. The van der Waals surface area contributed by atoms with E-state index in [9.17, 15) is 13.9 Å². The molecule has 0 fully saturated rings. The first kappa shape index (κ1) is 14.9. The van der Waals surface area contributed by atoms with E-state index >= 15 is 0 Å². The highest BCUT2D eigenvalue weighted by Crippen LogP contribution is 2.20. The lowest BCUT2D eigenvalue weighted by molar-refractivity contribution is 0.0111. The van der Waals surface area contributed by atoms with Crippen LogP contribution in [-0.4, -0.2) is 30.4 Å². The summed E-state index contributed by atoms with van der Waals surface area (Å²) in [5.74, 6) is -2.18. The van der Waals surface area contributed by atoms with Gasteiger partial charge in [-0.1, -0.05) is 13.0 Å². The molecule has 1 atom stereocenters. The van der Waals surface area contributed by atoms with Crippen LogP contribution in [0.4, 0.5) is 8.78 Å². The summed E-state index contributed by atoms with van der Waals surface area (Å²) in [6, 6.07) is 3.70. The zero-order valence-corrected chi connectivity index (χ0v) is 10.7. The zero-order chi connectivity index (χ0) is 13.6. The van der Waals surface area contributed by atoms with Gasteiger partial charge < -0.3 is 15.2 Å². The molecule has 0 heterocycles. The minimum Gasteiger partial charge on any atom is -0.487 e. The molecule has 3 nitrogen and oxygen atoms in total. The maximum absolute atomic E-state index is 13.3. The fourth-order valence-corrected chi connectivity index (χ4v) is 1.41. The van der Waals surface area contributed by atoms with Gasteiger partial charge in [0, 0.05) is 6.54 Å². The number of hydrogen-bond donors (Lipinski definition) is 2. The molecule has 0 aliphatic rings. The van der Waals surface area contributed by atoms with E-state index in [1.165, 1.54) is 12.1 Å². The van der Waals surface area contributed by atoms with Crippen LogP contribution in [-0.2, 0) is 0 Å². The maximum atomic E-state index is 13.3. The molecule has 18 heavy (non-hydrogen) atoms. The molecule has 102 valence electrons. The molecule has 5 heteroatoms. The summed E-state index contributed by atoms with van der Waals surface area (Å²) in [4.78, 5) is 0. The minimum absolute atomic E-state index is 0.107. The first-order chi connectivity index (χ1) is 8.46. The molecule has 0 amide bonds. The molecule has 1 aromatic carbocycles. The van der Waals surface area contributed by atoms with E-state index in [-0.39, 0.29) is 12.4 Å². The zero-order valence-electron chi connectivity index (χ0n) is 10.7. The number of hydrogen-bond acceptors (Lipinski definition) is 3. The molecule has 1 rings (SSSR count). The van der Waals surface area contributed by atoms with Crippen LogP contribution in [0.5, 0.6) is 5.75 Å². The second kappa shape index (κ2) is 6.66. The molecule has 0 aliphatic carbocycles. The Hall–Kier alpha value is -1.20. The van der Waals surface area contributed by atoms with Crippen molar-refractivity contribution < 1.29 is 18.6 Å². The van der Waals surface area contributed by atoms with Crippen molar-refractivity contribution in [2.45, 2.75) is 25.9 Å². The third-order valence-corrected chi connectivity index (χ3v) is 2.39. The molecule has 0 saturated carbocycles. The first-order valence-corrected chi connectivity index (χ1v) is 5.96. The second-order valence-electron chi connectivity index (χ2n) is 4.51. The molecule has 0 radical (unpaired) electrons. The van der Waals surface area contributed by atoms with E-state index in [1.54, 1.807) is 6.92 Å².